The van der Waals surface area contributed by atoms with Crippen molar-refractivity contribution in [3.8, 4) is 5.75 Å². The summed E-state index contributed by atoms with van der Waals surface area (Å²) in [6, 6.07) is 7.58. The van der Waals surface area contributed by atoms with Gasteiger partial charge in [0.15, 0.2) is 6.61 Å². The highest BCUT2D eigenvalue weighted by Crippen LogP contribution is 2.12. The summed E-state index contributed by atoms with van der Waals surface area (Å²) in [6.45, 7) is 4.13. The van der Waals surface area contributed by atoms with Crippen LogP contribution in [0.1, 0.15) is 5.56 Å². The van der Waals surface area contributed by atoms with Crippen molar-refractivity contribution in [1.82, 2.24) is 9.80 Å². The molecule has 1 aromatic rings. The molecule has 1 saturated heterocycles. The maximum atomic E-state index is 12.1. The summed E-state index contributed by atoms with van der Waals surface area (Å²) >= 11 is 5.52. The lowest BCUT2D eigenvalue weighted by atomic mass is 10.2. The lowest BCUT2D eigenvalue weighted by molar-refractivity contribution is -0.139. The van der Waals surface area contributed by atoms with Crippen molar-refractivity contribution in [2.75, 3.05) is 38.7 Å². The number of hydrogen-bond donors (Lipinski definition) is 0. The molecule has 1 aliphatic rings. The molecule has 114 valence electrons. The number of piperazine rings is 1. The van der Waals surface area contributed by atoms with E-state index >= 15 is 0 Å². The van der Waals surface area contributed by atoms with Gasteiger partial charge in [0.2, 0.25) is 5.91 Å². The molecule has 0 unspecified atom stereocenters. The number of carbonyl (C=O) groups excluding carboxylic acids is 2. The minimum atomic E-state index is -0.0836. The number of alkyl halides is 1. The van der Waals surface area contributed by atoms with Crippen LogP contribution in [0.25, 0.3) is 0 Å². The van der Waals surface area contributed by atoms with E-state index in [1.54, 1.807) is 9.80 Å². The molecule has 0 bridgehead atoms. The summed E-state index contributed by atoms with van der Waals surface area (Å²) in [7, 11) is 0. The Morgan fingerprint density at radius 2 is 1.57 bits per heavy atom. The highest BCUT2D eigenvalue weighted by atomic mass is 35.5. The Hall–Kier alpha value is -1.75. The number of rotatable bonds is 4. The molecule has 6 heteroatoms. The Kier molecular flexibility index (Phi) is 5.44. The Labute approximate surface area is 129 Å². The van der Waals surface area contributed by atoms with Gasteiger partial charge in [-0.15, -0.1) is 11.6 Å². The third-order valence-corrected chi connectivity index (χ3v) is 3.71. The molecular weight excluding hydrogens is 292 g/mol. The maximum absolute atomic E-state index is 12.1. The fraction of sp³-hybridized carbons (Fsp3) is 0.467. The van der Waals surface area contributed by atoms with Gasteiger partial charge in [-0.2, -0.15) is 0 Å². The molecule has 0 N–H and O–H groups in total. The molecule has 0 spiro atoms. The van der Waals surface area contributed by atoms with Gasteiger partial charge in [-0.3, -0.25) is 9.59 Å². The molecule has 1 heterocycles. The second-order valence-electron chi connectivity index (χ2n) is 5.00. The molecule has 21 heavy (non-hydrogen) atoms. The fourth-order valence-corrected chi connectivity index (χ4v) is 2.33. The summed E-state index contributed by atoms with van der Waals surface area (Å²) in [6.07, 6.45) is 0. The second-order valence-corrected chi connectivity index (χ2v) is 5.26. The summed E-state index contributed by atoms with van der Waals surface area (Å²) in [4.78, 5) is 26.9. The first kappa shape index (κ1) is 15.6. The second kappa shape index (κ2) is 7.31. The molecule has 0 radical (unpaired) electrons. The minimum Gasteiger partial charge on any atom is -0.484 e. The van der Waals surface area contributed by atoms with Crippen LogP contribution in [0, 0.1) is 6.92 Å². The number of nitrogens with zero attached hydrogens (tertiary/aromatic N) is 2. The molecule has 1 aromatic carbocycles. The van der Waals surface area contributed by atoms with E-state index < -0.39 is 0 Å². The monoisotopic (exact) mass is 310 g/mol. The van der Waals surface area contributed by atoms with Gasteiger partial charge in [0.25, 0.3) is 5.91 Å². The number of benzene rings is 1. The summed E-state index contributed by atoms with van der Waals surface area (Å²) in [5.74, 6) is 0.530. The molecule has 2 rings (SSSR count). The quantitative estimate of drug-likeness (QED) is 0.787. The zero-order chi connectivity index (χ0) is 15.2. The van der Waals surface area contributed by atoms with Gasteiger partial charge in [-0.1, -0.05) is 17.7 Å². The largest absolute Gasteiger partial charge is 0.484 e. The van der Waals surface area contributed by atoms with Crippen LogP contribution in [0.3, 0.4) is 0 Å². The highest BCUT2D eigenvalue weighted by Gasteiger charge is 2.23. The first-order valence-electron chi connectivity index (χ1n) is 6.91. The smallest absolute Gasteiger partial charge is 0.260 e. The summed E-state index contributed by atoms with van der Waals surface area (Å²) in [5, 5.41) is 0. The Morgan fingerprint density at radius 1 is 1.05 bits per heavy atom. The van der Waals surface area contributed by atoms with Crippen molar-refractivity contribution < 1.29 is 14.3 Å². The third kappa shape index (κ3) is 4.36. The van der Waals surface area contributed by atoms with Crippen LogP contribution in [-0.4, -0.2) is 60.3 Å². The fourth-order valence-electron chi connectivity index (χ4n) is 2.16. The topological polar surface area (TPSA) is 49.9 Å². The Balaban J connectivity index is 1.77. The van der Waals surface area contributed by atoms with Crippen LogP contribution >= 0.6 is 11.6 Å². The molecule has 0 aromatic heterocycles. The number of amides is 2. The first-order valence-corrected chi connectivity index (χ1v) is 7.44. The number of carbonyl (C=O) groups is 2. The van der Waals surface area contributed by atoms with Gasteiger partial charge in [0.1, 0.15) is 11.6 Å². The minimum absolute atomic E-state index is 0.00944. The summed E-state index contributed by atoms with van der Waals surface area (Å²) in [5.41, 5.74) is 1.15. The normalized spacial score (nSPS) is 15.0. The average Bonchev–Trinajstić information content (AvgIpc) is 2.53. The molecule has 2 amide bonds. The van der Waals surface area contributed by atoms with Crippen molar-refractivity contribution in [2.45, 2.75) is 6.92 Å². The number of hydrogen-bond acceptors (Lipinski definition) is 3. The van der Waals surface area contributed by atoms with Gasteiger partial charge in [0.05, 0.1) is 0 Å². The van der Waals surface area contributed by atoms with Gasteiger partial charge in [0, 0.05) is 26.2 Å². The summed E-state index contributed by atoms with van der Waals surface area (Å²) < 4.78 is 5.48. The number of ether oxygens (including phenoxy) is 1. The van der Waals surface area contributed by atoms with E-state index in [1.807, 2.05) is 31.2 Å². The van der Waals surface area contributed by atoms with Crippen LogP contribution in [0.2, 0.25) is 0 Å². The lowest BCUT2D eigenvalue weighted by Gasteiger charge is -2.34. The van der Waals surface area contributed by atoms with Crippen LogP contribution in [-0.2, 0) is 9.59 Å². The van der Waals surface area contributed by atoms with E-state index in [4.69, 9.17) is 16.3 Å². The highest BCUT2D eigenvalue weighted by molar-refractivity contribution is 6.27. The van der Waals surface area contributed by atoms with Crippen molar-refractivity contribution >= 4 is 23.4 Å². The number of aryl methyl sites for hydroxylation is 1. The molecule has 0 atom stereocenters. The van der Waals surface area contributed by atoms with Crippen molar-refractivity contribution in [3.05, 3.63) is 29.8 Å². The van der Waals surface area contributed by atoms with Crippen LogP contribution in [0.5, 0.6) is 5.75 Å². The zero-order valence-electron chi connectivity index (χ0n) is 12.0. The van der Waals surface area contributed by atoms with E-state index in [1.165, 1.54) is 0 Å². The van der Waals surface area contributed by atoms with Gasteiger partial charge in [-0.05, 0) is 19.1 Å². The van der Waals surface area contributed by atoms with E-state index in [2.05, 4.69) is 0 Å². The zero-order valence-corrected chi connectivity index (χ0v) is 12.8. The standard InChI is InChI=1S/C15H19ClN2O3/c1-12-2-4-13(5-3-12)21-11-15(20)18-8-6-17(7-9-18)14(19)10-16/h2-5H,6-11H2,1H3. The Bertz CT molecular complexity index is 496. The van der Waals surface area contributed by atoms with Crippen molar-refractivity contribution in [3.63, 3.8) is 0 Å². The molecule has 0 aliphatic carbocycles. The number of halogens is 1. The van der Waals surface area contributed by atoms with Crippen molar-refractivity contribution in [2.24, 2.45) is 0 Å². The van der Waals surface area contributed by atoms with Gasteiger partial charge < -0.3 is 14.5 Å². The van der Waals surface area contributed by atoms with Crippen molar-refractivity contribution in [1.29, 1.82) is 0 Å². The molecular formula is C15H19ClN2O3. The van der Waals surface area contributed by atoms with Gasteiger partial charge >= 0.3 is 0 Å². The third-order valence-electron chi connectivity index (χ3n) is 3.48. The van der Waals surface area contributed by atoms with E-state index in [0.29, 0.717) is 31.9 Å². The predicted octanol–water partition coefficient (Wildman–Crippen LogP) is 1.28. The maximum Gasteiger partial charge on any atom is 0.260 e. The SMILES string of the molecule is Cc1ccc(OCC(=O)N2CCN(C(=O)CCl)CC2)cc1. The van der Waals surface area contributed by atoms with E-state index in [9.17, 15) is 9.59 Å². The lowest BCUT2D eigenvalue weighted by Crippen LogP contribution is -2.51. The predicted molar refractivity (Wildman–Crippen MR) is 80.6 cm³/mol. The van der Waals surface area contributed by atoms with Crippen LogP contribution in [0.4, 0.5) is 0 Å². The molecule has 5 nitrogen and oxygen atoms in total. The van der Waals surface area contributed by atoms with Gasteiger partial charge in [-0.25, -0.2) is 0 Å². The first-order chi connectivity index (χ1) is 10.1. The van der Waals surface area contributed by atoms with E-state index in [-0.39, 0.29) is 24.3 Å². The molecule has 1 fully saturated rings. The molecule has 0 saturated carbocycles. The Morgan fingerprint density at radius 3 is 2.10 bits per heavy atom. The van der Waals surface area contributed by atoms with Crippen LogP contribution < -0.4 is 4.74 Å². The average molecular weight is 311 g/mol. The van der Waals surface area contributed by atoms with E-state index in [0.717, 1.165) is 5.56 Å². The molecule has 1 aliphatic heterocycles. The van der Waals surface area contributed by atoms with Crippen LogP contribution in [0.15, 0.2) is 24.3 Å².